The Morgan fingerprint density at radius 2 is 2.22 bits per heavy atom. The number of likely N-dealkylation sites (tertiary alicyclic amines) is 1. The summed E-state index contributed by atoms with van der Waals surface area (Å²) in [5.74, 6) is 1.47. The molecule has 0 radical (unpaired) electrons. The molecule has 0 spiro atoms. The van der Waals surface area contributed by atoms with Crippen LogP contribution in [0.4, 0.5) is 0 Å². The van der Waals surface area contributed by atoms with E-state index in [1.165, 1.54) is 0 Å². The molecule has 5 atom stereocenters. The van der Waals surface area contributed by atoms with Crippen LogP contribution in [0.5, 0.6) is 5.75 Å². The Balaban J connectivity index is 1.57. The smallest absolute Gasteiger partial charge is 0.239 e. The molecular formula is C21H29ClN2O3. The van der Waals surface area contributed by atoms with Crippen molar-refractivity contribution < 1.29 is 14.3 Å². The minimum atomic E-state index is -0.401. The molecule has 0 bridgehead atoms. The summed E-state index contributed by atoms with van der Waals surface area (Å²) in [6.45, 7) is 7.65. The van der Waals surface area contributed by atoms with Crippen LogP contribution in [0, 0.1) is 11.8 Å². The van der Waals surface area contributed by atoms with Gasteiger partial charge in [-0.15, -0.1) is 0 Å². The van der Waals surface area contributed by atoms with Crippen LogP contribution in [0.15, 0.2) is 18.2 Å². The lowest BCUT2D eigenvalue weighted by atomic mass is 9.70. The normalized spacial score (nSPS) is 32.6. The summed E-state index contributed by atoms with van der Waals surface area (Å²) < 4.78 is 12.9. The zero-order valence-corrected chi connectivity index (χ0v) is 17.0. The third-order valence-corrected chi connectivity index (χ3v) is 6.76. The van der Waals surface area contributed by atoms with Gasteiger partial charge in [-0.3, -0.25) is 4.79 Å². The molecule has 1 amide bonds. The van der Waals surface area contributed by atoms with Gasteiger partial charge in [-0.05, 0) is 51.3 Å². The number of nitrogens with two attached hydrogens (primary N) is 1. The first-order chi connectivity index (χ1) is 12.8. The molecule has 2 fully saturated rings. The van der Waals surface area contributed by atoms with Crippen LogP contribution in [0.2, 0.25) is 5.02 Å². The number of hydrogen-bond acceptors (Lipinski definition) is 4. The molecule has 2 N–H and O–H groups in total. The largest absolute Gasteiger partial charge is 0.487 e. The molecule has 0 saturated carbocycles. The van der Waals surface area contributed by atoms with E-state index in [0.29, 0.717) is 23.9 Å². The highest BCUT2D eigenvalue weighted by molar-refractivity contribution is 6.30. The van der Waals surface area contributed by atoms with Crippen molar-refractivity contribution in [3.05, 3.63) is 28.8 Å². The van der Waals surface area contributed by atoms with E-state index in [4.69, 9.17) is 26.8 Å². The lowest BCUT2D eigenvalue weighted by molar-refractivity contribution is -0.189. The second kappa shape index (κ2) is 6.94. The van der Waals surface area contributed by atoms with Gasteiger partial charge in [0.15, 0.2) is 0 Å². The van der Waals surface area contributed by atoms with Gasteiger partial charge in [0.2, 0.25) is 5.91 Å². The summed E-state index contributed by atoms with van der Waals surface area (Å²) >= 11 is 6.25. The number of ether oxygens (including phenoxy) is 2. The van der Waals surface area contributed by atoms with Gasteiger partial charge in [0.05, 0.1) is 18.2 Å². The number of benzene rings is 1. The number of carbonyl (C=O) groups excluding carboxylic acids is 1. The third kappa shape index (κ3) is 3.34. The first-order valence-corrected chi connectivity index (χ1v) is 10.4. The molecule has 148 valence electrons. The highest BCUT2D eigenvalue weighted by atomic mass is 35.5. The Morgan fingerprint density at radius 1 is 1.44 bits per heavy atom. The molecule has 2 saturated heterocycles. The van der Waals surface area contributed by atoms with E-state index in [1.54, 1.807) is 0 Å². The zero-order chi connectivity index (χ0) is 19.3. The standard InChI is InChI=1S/C21H29ClN2O3/c1-4-16(23)20(25)24-8-7-17-12(11-24)9-15-19(26-17)14-10-13(22)5-6-18(14)27-21(15,2)3/h5-6,10,12,15-17,19H,4,7-9,11,23H2,1-3H3/t12-,15+,16-,17+,19-/m1/s1. The number of amides is 1. The van der Waals surface area contributed by atoms with Crippen LogP contribution in [-0.4, -0.2) is 41.6 Å². The van der Waals surface area contributed by atoms with Crippen LogP contribution in [-0.2, 0) is 9.53 Å². The Kier molecular flexibility index (Phi) is 4.90. The van der Waals surface area contributed by atoms with Gasteiger partial charge in [0, 0.05) is 35.5 Å². The van der Waals surface area contributed by atoms with E-state index in [-0.39, 0.29) is 29.6 Å². The number of nitrogens with zero attached hydrogens (tertiary/aromatic N) is 1. The maximum absolute atomic E-state index is 12.5. The Morgan fingerprint density at radius 3 is 2.96 bits per heavy atom. The van der Waals surface area contributed by atoms with E-state index < -0.39 is 6.04 Å². The average molecular weight is 393 g/mol. The fourth-order valence-electron chi connectivity index (χ4n) is 4.89. The number of piperidine rings is 1. The van der Waals surface area contributed by atoms with Gasteiger partial charge in [-0.2, -0.15) is 0 Å². The van der Waals surface area contributed by atoms with Gasteiger partial charge in [-0.1, -0.05) is 18.5 Å². The summed E-state index contributed by atoms with van der Waals surface area (Å²) in [6, 6.07) is 5.38. The highest BCUT2D eigenvalue weighted by Crippen LogP contribution is 2.53. The fraction of sp³-hybridized carbons (Fsp3) is 0.667. The Bertz CT molecular complexity index is 738. The van der Waals surface area contributed by atoms with Crippen molar-refractivity contribution in [1.82, 2.24) is 4.90 Å². The molecule has 27 heavy (non-hydrogen) atoms. The molecule has 1 aromatic carbocycles. The van der Waals surface area contributed by atoms with Crippen LogP contribution in [0.25, 0.3) is 0 Å². The lowest BCUT2D eigenvalue weighted by Crippen LogP contribution is -2.57. The van der Waals surface area contributed by atoms with E-state index >= 15 is 0 Å². The Hall–Kier alpha value is -1.30. The number of rotatable bonds is 2. The van der Waals surface area contributed by atoms with E-state index in [2.05, 4.69) is 13.8 Å². The second-order valence-electron chi connectivity index (χ2n) is 8.67. The third-order valence-electron chi connectivity index (χ3n) is 6.52. The van der Waals surface area contributed by atoms with Crippen LogP contribution >= 0.6 is 11.6 Å². The molecule has 6 heteroatoms. The molecule has 3 heterocycles. The van der Waals surface area contributed by atoms with Gasteiger partial charge < -0.3 is 20.1 Å². The quantitative estimate of drug-likeness (QED) is 0.835. The summed E-state index contributed by atoms with van der Waals surface area (Å²) in [4.78, 5) is 14.5. The monoisotopic (exact) mass is 392 g/mol. The van der Waals surface area contributed by atoms with Gasteiger partial charge in [0.25, 0.3) is 0 Å². The minimum Gasteiger partial charge on any atom is -0.487 e. The molecule has 4 rings (SSSR count). The number of carbonyl (C=O) groups is 1. The molecular weight excluding hydrogens is 364 g/mol. The van der Waals surface area contributed by atoms with Gasteiger partial charge >= 0.3 is 0 Å². The topological polar surface area (TPSA) is 64.8 Å². The van der Waals surface area contributed by atoms with E-state index in [0.717, 1.165) is 30.7 Å². The molecule has 0 aliphatic carbocycles. The summed E-state index contributed by atoms with van der Waals surface area (Å²) in [5, 5.41) is 0.704. The lowest BCUT2D eigenvalue weighted by Gasteiger charge is -2.53. The fourth-order valence-corrected chi connectivity index (χ4v) is 5.07. The minimum absolute atomic E-state index is 0.0103. The van der Waals surface area contributed by atoms with Crippen molar-refractivity contribution in [1.29, 1.82) is 0 Å². The van der Waals surface area contributed by atoms with Crippen molar-refractivity contribution in [2.45, 2.75) is 63.9 Å². The van der Waals surface area contributed by atoms with Crippen molar-refractivity contribution in [3.63, 3.8) is 0 Å². The molecule has 3 aliphatic heterocycles. The molecule has 1 aromatic rings. The molecule has 5 nitrogen and oxygen atoms in total. The maximum Gasteiger partial charge on any atom is 0.239 e. The summed E-state index contributed by atoms with van der Waals surface area (Å²) in [6.07, 6.45) is 2.65. The predicted octanol–water partition coefficient (Wildman–Crippen LogP) is 3.54. The molecule has 0 unspecified atom stereocenters. The van der Waals surface area contributed by atoms with Crippen molar-refractivity contribution in [2.75, 3.05) is 13.1 Å². The molecule has 0 aromatic heterocycles. The maximum atomic E-state index is 12.5. The van der Waals surface area contributed by atoms with Crippen LogP contribution in [0.1, 0.15) is 51.7 Å². The predicted molar refractivity (Wildman–Crippen MR) is 105 cm³/mol. The van der Waals surface area contributed by atoms with E-state index in [9.17, 15) is 4.79 Å². The first-order valence-electron chi connectivity index (χ1n) is 9.98. The van der Waals surface area contributed by atoms with Gasteiger partial charge in [0.1, 0.15) is 11.4 Å². The van der Waals surface area contributed by atoms with Crippen LogP contribution in [0.3, 0.4) is 0 Å². The van der Waals surface area contributed by atoms with Gasteiger partial charge in [-0.25, -0.2) is 0 Å². The zero-order valence-electron chi connectivity index (χ0n) is 16.3. The van der Waals surface area contributed by atoms with Crippen LogP contribution < -0.4 is 10.5 Å². The average Bonchev–Trinajstić information content (AvgIpc) is 2.65. The number of hydrogen-bond donors (Lipinski definition) is 1. The van der Waals surface area contributed by atoms with Crippen molar-refractivity contribution in [2.24, 2.45) is 17.6 Å². The van der Waals surface area contributed by atoms with Crippen molar-refractivity contribution >= 4 is 17.5 Å². The second-order valence-corrected chi connectivity index (χ2v) is 9.11. The summed E-state index contributed by atoms with van der Waals surface area (Å²) in [5.41, 5.74) is 6.70. The number of fused-ring (bicyclic) bond motifs is 4. The Labute approximate surface area is 166 Å². The highest BCUT2D eigenvalue weighted by Gasteiger charge is 2.51. The number of halogens is 1. The SMILES string of the molecule is CC[C@@H](N)C(=O)N1CC[C@@H]2O[C@@H]3c4cc(Cl)ccc4OC(C)(C)[C@H]3C[C@@H]2C1. The summed E-state index contributed by atoms with van der Waals surface area (Å²) in [7, 11) is 0. The van der Waals surface area contributed by atoms with Crippen molar-refractivity contribution in [3.8, 4) is 5.75 Å². The first kappa shape index (κ1) is 19.0. The molecule has 3 aliphatic rings. The van der Waals surface area contributed by atoms with E-state index in [1.807, 2.05) is 30.0 Å².